The number of hydrogen-bond acceptors (Lipinski definition) is 12. The van der Waals surface area contributed by atoms with Gasteiger partial charge in [-0.15, -0.1) is 0 Å². The second-order valence-corrected chi connectivity index (χ2v) is 11.3. The van der Waals surface area contributed by atoms with Crippen LogP contribution in [0.5, 0.6) is 11.5 Å². The molecule has 15 heteroatoms. The van der Waals surface area contributed by atoms with Crippen molar-refractivity contribution in [2.24, 2.45) is 0 Å². The fourth-order valence-corrected chi connectivity index (χ4v) is 5.79. The summed E-state index contributed by atoms with van der Waals surface area (Å²) in [5, 5.41) is 22.0. The highest BCUT2D eigenvalue weighted by atomic mass is 19.3. The lowest BCUT2D eigenvalue weighted by Crippen LogP contribution is -2.56. The number of hydrogen-bond donors (Lipinski definition) is 2. The molecule has 46 heavy (non-hydrogen) atoms. The molecule has 1 amide bonds. The van der Waals surface area contributed by atoms with E-state index < -0.39 is 31.1 Å². The number of piperidine rings is 1. The Balaban J connectivity index is 1.13. The third-order valence-electron chi connectivity index (χ3n) is 8.45. The van der Waals surface area contributed by atoms with Crippen LogP contribution in [0.15, 0.2) is 42.7 Å². The number of nitrogens with one attached hydrogen (secondary N) is 1. The number of methoxy groups -OCH3 is 1. The van der Waals surface area contributed by atoms with Crippen LogP contribution in [0.4, 0.5) is 26.1 Å². The third kappa shape index (κ3) is 6.64. The number of ether oxygens (including phenoxy) is 3. The highest BCUT2D eigenvalue weighted by Gasteiger charge is 2.47. The molecule has 1 aromatic heterocycles. The summed E-state index contributed by atoms with van der Waals surface area (Å²) in [6, 6.07) is 12.8. The van der Waals surface area contributed by atoms with Gasteiger partial charge in [0.25, 0.3) is 0 Å². The van der Waals surface area contributed by atoms with Gasteiger partial charge < -0.3 is 34.4 Å². The smallest absolute Gasteiger partial charge is 0.301 e. The number of aliphatic hydroxyl groups excluding tert-OH is 1. The van der Waals surface area contributed by atoms with Crippen molar-refractivity contribution in [1.29, 1.82) is 5.26 Å². The summed E-state index contributed by atoms with van der Waals surface area (Å²) in [5.41, 5.74) is 2.20. The van der Waals surface area contributed by atoms with E-state index in [4.69, 9.17) is 19.3 Å². The van der Waals surface area contributed by atoms with E-state index in [-0.39, 0.29) is 36.1 Å². The lowest BCUT2D eigenvalue weighted by atomic mass is 10.0. The standard InChI is InChI=1S/C31H34F2N8O5/c1-44-26-13-22(3-4-24(26)40-10-8-39(9-11-40)23-16-45-17-23)37-30-36-19-35-29(38-30)20-2-5-25(21(12-20)14-34)46-27-6-7-41(28(43)15-42)18-31(27,32)33/h2-5,12-13,19,23,27,42H,6-11,15-18H2,1H3,(H,35,36,37,38). The van der Waals surface area contributed by atoms with E-state index in [1.165, 1.54) is 18.5 Å². The van der Waals surface area contributed by atoms with Gasteiger partial charge in [-0.25, -0.2) is 18.7 Å². The molecule has 2 aromatic carbocycles. The average Bonchev–Trinajstić information content (AvgIpc) is 3.05. The van der Waals surface area contributed by atoms with E-state index in [9.17, 15) is 18.8 Å². The molecule has 13 nitrogen and oxygen atoms in total. The minimum Gasteiger partial charge on any atom is -0.495 e. The van der Waals surface area contributed by atoms with E-state index >= 15 is 0 Å². The Morgan fingerprint density at radius 3 is 2.61 bits per heavy atom. The molecular weight excluding hydrogens is 602 g/mol. The van der Waals surface area contributed by atoms with Crippen molar-refractivity contribution in [3.63, 3.8) is 0 Å². The van der Waals surface area contributed by atoms with Crippen LogP contribution in [0.3, 0.4) is 0 Å². The Morgan fingerprint density at radius 1 is 1.13 bits per heavy atom. The summed E-state index contributed by atoms with van der Waals surface area (Å²) in [4.78, 5) is 30.3. The molecule has 1 atom stereocenters. The second-order valence-electron chi connectivity index (χ2n) is 11.3. The molecule has 3 fully saturated rings. The number of likely N-dealkylation sites (tertiary alicyclic amines) is 1. The molecule has 0 saturated carbocycles. The molecular formula is C31H34F2N8O5. The lowest BCUT2D eigenvalue weighted by molar-refractivity contribution is -0.161. The van der Waals surface area contributed by atoms with E-state index in [1.807, 2.05) is 24.3 Å². The van der Waals surface area contributed by atoms with Gasteiger partial charge in [0, 0.05) is 56.5 Å². The van der Waals surface area contributed by atoms with Crippen LogP contribution < -0.4 is 19.7 Å². The van der Waals surface area contributed by atoms with Crippen LogP contribution in [0.1, 0.15) is 12.0 Å². The first-order valence-electron chi connectivity index (χ1n) is 15.0. The maximum atomic E-state index is 14.8. The maximum absolute atomic E-state index is 14.8. The van der Waals surface area contributed by atoms with Crippen LogP contribution in [0.25, 0.3) is 11.4 Å². The number of nitrogens with zero attached hydrogens (tertiary/aromatic N) is 7. The van der Waals surface area contributed by atoms with Gasteiger partial charge in [-0.3, -0.25) is 9.69 Å². The predicted molar refractivity (Wildman–Crippen MR) is 162 cm³/mol. The van der Waals surface area contributed by atoms with Gasteiger partial charge in [-0.1, -0.05) is 0 Å². The normalized spacial score (nSPS) is 20.0. The summed E-state index contributed by atoms with van der Waals surface area (Å²) in [5.74, 6) is -2.92. The Labute approximate surface area is 264 Å². The van der Waals surface area contributed by atoms with Gasteiger partial charge in [0.05, 0.1) is 44.2 Å². The Kier molecular flexibility index (Phi) is 9.11. The molecule has 6 rings (SSSR count). The van der Waals surface area contributed by atoms with Crippen LogP contribution in [0.2, 0.25) is 0 Å². The SMILES string of the molecule is COc1cc(Nc2ncnc(-c3ccc(OC4CCN(C(=O)CO)CC4(F)F)c(C#N)c3)n2)ccc1N1CCN(C2COC2)CC1. The van der Waals surface area contributed by atoms with Gasteiger partial charge in [0.15, 0.2) is 11.9 Å². The first-order valence-corrected chi connectivity index (χ1v) is 15.0. The van der Waals surface area contributed by atoms with Crippen molar-refractivity contribution in [1.82, 2.24) is 24.8 Å². The van der Waals surface area contributed by atoms with Gasteiger partial charge in [0.2, 0.25) is 11.9 Å². The van der Waals surface area contributed by atoms with Crippen LogP contribution >= 0.6 is 0 Å². The third-order valence-corrected chi connectivity index (χ3v) is 8.45. The zero-order valence-corrected chi connectivity index (χ0v) is 25.2. The molecule has 3 aromatic rings. The number of aromatic nitrogens is 3. The molecule has 0 aliphatic carbocycles. The lowest BCUT2D eigenvalue weighted by Gasteiger charge is -2.43. The number of rotatable bonds is 9. The van der Waals surface area contributed by atoms with Crippen molar-refractivity contribution in [2.75, 3.05) is 76.4 Å². The highest BCUT2D eigenvalue weighted by molar-refractivity contribution is 5.77. The number of anilines is 3. The number of amides is 1. The fraction of sp³-hybridized carbons (Fsp3) is 0.452. The molecule has 0 radical (unpaired) electrons. The molecule has 242 valence electrons. The first-order chi connectivity index (χ1) is 22.3. The summed E-state index contributed by atoms with van der Waals surface area (Å²) in [6.45, 7) is 3.60. The Hall–Kier alpha value is -4.65. The molecule has 0 spiro atoms. The minimum atomic E-state index is -3.37. The maximum Gasteiger partial charge on any atom is 0.301 e. The number of alkyl halides is 2. The van der Waals surface area contributed by atoms with Gasteiger partial charge in [-0.05, 0) is 30.3 Å². The van der Waals surface area contributed by atoms with Gasteiger partial charge >= 0.3 is 5.92 Å². The van der Waals surface area contributed by atoms with Crippen LogP contribution in [-0.2, 0) is 9.53 Å². The molecule has 3 aliphatic heterocycles. The average molecular weight is 637 g/mol. The fourth-order valence-electron chi connectivity index (χ4n) is 5.79. The summed E-state index contributed by atoms with van der Waals surface area (Å²) in [6.07, 6.45) is -0.370. The monoisotopic (exact) mass is 636 g/mol. The van der Waals surface area contributed by atoms with Crippen molar-refractivity contribution in [3.8, 4) is 29.0 Å². The van der Waals surface area contributed by atoms with Gasteiger partial charge in [0.1, 0.15) is 30.5 Å². The molecule has 1 unspecified atom stereocenters. The molecule has 0 bridgehead atoms. The zero-order chi connectivity index (χ0) is 32.3. The van der Waals surface area contributed by atoms with Crippen molar-refractivity contribution < 1.29 is 32.9 Å². The number of carbonyl (C=O) groups excluding carboxylic acids is 1. The minimum absolute atomic E-state index is 0.00240. The largest absolute Gasteiger partial charge is 0.495 e. The molecule has 3 saturated heterocycles. The Morgan fingerprint density at radius 2 is 1.93 bits per heavy atom. The molecule has 3 aliphatic rings. The number of aliphatic hydroxyl groups is 1. The number of nitriles is 1. The van der Waals surface area contributed by atoms with E-state index in [0.717, 1.165) is 50.0 Å². The highest BCUT2D eigenvalue weighted by Crippen LogP contribution is 2.35. The summed E-state index contributed by atoms with van der Waals surface area (Å²) in [7, 11) is 1.63. The number of benzene rings is 2. The molecule has 2 N–H and O–H groups in total. The Bertz CT molecular complexity index is 1610. The van der Waals surface area contributed by atoms with Crippen LogP contribution in [-0.4, -0.2) is 120 Å². The quantitative estimate of drug-likeness (QED) is 0.355. The first kappa shape index (κ1) is 31.3. The van der Waals surface area contributed by atoms with Crippen molar-refractivity contribution in [3.05, 3.63) is 48.3 Å². The van der Waals surface area contributed by atoms with Crippen LogP contribution in [0, 0.1) is 11.3 Å². The van der Waals surface area contributed by atoms with E-state index in [2.05, 4.69) is 30.1 Å². The summed E-state index contributed by atoms with van der Waals surface area (Å²) < 4.78 is 46.2. The van der Waals surface area contributed by atoms with E-state index in [1.54, 1.807) is 13.2 Å². The number of piperazine rings is 1. The predicted octanol–water partition coefficient (Wildman–Crippen LogP) is 2.29. The zero-order valence-electron chi connectivity index (χ0n) is 25.2. The number of carbonyl (C=O) groups is 1. The second kappa shape index (κ2) is 13.4. The van der Waals surface area contributed by atoms with Gasteiger partial charge in [-0.2, -0.15) is 10.2 Å². The molecule has 4 heterocycles. The van der Waals surface area contributed by atoms with E-state index in [0.29, 0.717) is 23.0 Å². The number of halogens is 2. The van der Waals surface area contributed by atoms with Crippen molar-refractivity contribution in [2.45, 2.75) is 24.5 Å². The summed E-state index contributed by atoms with van der Waals surface area (Å²) >= 11 is 0. The van der Waals surface area contributed by atoms with Crippen molar-refractivity contribution >= 4 is 23.2 Å². The topological polar surface area (TPSA) is 149 Å².